The SMILES string of the molecule is CC(=O)N[C@@H]1[C@@H](O)[C@@H](O)[C@@H](CO)O[C@H]1NCCc1cn(CCOCCOCCOCC(COCCOCCOCCn2cc(CCN[C@H]3C[C@@H](O)[C@@H](O)[C@@H](CO)O3)nn2)NC(=O)CCOCCOCCC(=O)Oc2c(F)c(F)c(F)c(F)c2F)nn1. The molecular formula is C51H79F5N10O20. The summed E-state index contributed by atoms with van der Waals surface area (Å²) in [6, 6.07) is -1.54. The van der Waals surface area contributed by atoms with Gasteiger partial charge < -0.3 is 93.4 Å². The molecule has 0 spiro atoms. The fraction of sp³-hybridized carbons (Fsp3) is 0.745. The second-order valence-electron chi connectivity index (χ2n) is 19.4. The lowest BCUT2D eigenvalue weighted by molar-refractivity contribution is -0.202. The van der Waals surface area contributed by atoms with Gasteiger partial charge in [-0.25, -0.2) is 22.5 Å². The molecule has 2 amide bonds. The molecule has 4 heterocycles. The Labute approximate surface area is 491 Å². The molecule has 30 nitrogen and oxygen atoms in total. The van der Waals surface area contributed by atoms with E-state index in [1.807, 2.05) is 0 Å². The van der Waals surface area contributed by atoms with Gasteiger partial charge in [-0.3, -0.25) is 25.0 Å². The molecule has 35 heteroatoms. The monoisotopic (exact) mass is 1250 g/mol. The molecule has 0 saturated carbocycles. The van der Waals surface area contributed by atoms with Gasteiger partial charge in [0.15, 0.2) is 0 Å². The summed E-state index contributed by atoms with van der Waals surface area (Å²) in [5.74, 6) is -15.4. The first-order valence-electron chi connectivity index (χ1n) is 27.9. The van der Waals surface area contributed by atoms with Gasteiger partial charge in [-0.05, 0) is 0 Å². The van der Waals surface area contributed by atoms with Gasteiger partial charge in [-0.2, -0.15) is 8.78 Å². The predicted octanol–water partition coefficient (Wildman–Crippen LogP) is -3.69. The van der Waals surface area contributed by atoms with Gasteiger partial charge in [-0.1, -0.05) is 10.4 Å². The van der Waals surface area contributed by atoms with E-state index in [1.165, 1.54) is 6.92 Å². The minimum Gasteiger partial charge on any atom is -0.420 e. The first-order valence-corrected chi connectivity index (χ1v) is 27.9. The maximum atomic E-state index is 13.8. The number of aromatic nitrogens is 6. The highest BCUT2D eigenvalue weighted by molar-refractivity contribution is 5.76. The lowest BCUT2D eigenvalue weighted by Gasteiger charge is -2.42. The Hall–Kier alpha value is -5.16. The molecule has 10 N–H and O–H groups in total. The third kappa shape index (κ3) is 25.1. The summed E-state index contributed by atoms with van der Waals surface area (Å²) < 4.78 is 131. The lowest BCUT2D eigenvalue weighted by Crippen LogP contribution is -2.67. The summed E-state index contributed by atoms with van der Waals surface area (Å²) in [6.45, 7) is 4.13. The van der Waals surface area contributed by atoms with Crippen molar-refractivity contribution in [1.82, 2.24) is 51.3 Å². The van der Waals surface area contributed by atoms with Crippen LogP contribution in [0, 0.1) is 29.1 Å². The normalized spacial score (nSPS) is 21.8. The van der Waals surface area contributed by atoms with Gasteiger partial charge in [0.25, 0.3) is 0 Å². The van der Waals surface area contributed by atoms with Crippen LogP contribution in [-0.4, -0.2) is 272 Å². The van der Waals surface area contributed by atoms with Crippen molar-refractivity contribution < 1.29 is 119 Å². The third-order valence-corrected chi connectivity index (χ3v) is 12.8. The highest BCUT2D eigenvalue weighted by Gasteiger charge is 2.44. The van der Waals surface area contributed by atoms with Crippen LogP contribution in [0.25, 0.3) is 0 Å². The zero-order valence-corrected chi connectivity index (χ0v) is 47.5. The average molecular weight is 1250 g/mol. The number of rotatable bonds is 44. The van der Waals surface area contributed by atoms with Gasteiger partial charge in [0, 0.05) is 58.1 Å². The third-order valence-electron chi connectivity index (χ3n) is 12.8. The number of hydrogen-bond acceptors (Lipinski definition) is 26. The van der Waals surface area contributed by atoms with Crippen molar-refractivity contribution in [3.63, 3.8) is 0 Å². The molecule has 488 valence electrons. The number of carbonyl (C=O) groups is 3. The molecule has 2 aliphatic heterocycles. The van der Waals surface area contributed by atoms with Crippen LogP contribution in [0.5, 0.6) is 5.75 Å². The van der Waals surface area contributed by atoms with Crippen LogP contribution < -0.4 is 26.0 Å². The van der Waals surface area contributed by atoms with Crippen LogP contribution in [0.4, 0.5) is 22.0 Å². The Bertz CT molecular complexity index is 2420. The Morgan fingerprint density at radius 3 is 1.59 bits per heavy atom. The van der Waals surface area contributed by atoms with Gasteiger partial charge in [0.05, 0.1) is 168 Å². The summed E-state index contributed by atoms with van der Waals surface area (Å²) in [5, 5.41) is 87.6. The van der Waals surface area contributed by atoms with Crippen molar-refractivity contribution in [3.8, 4) is 5.75 Å². The fourth-order valence-electron chi connectivity index (χ4n) is 8.31. The summed E-state index contributed by atoms with van der Waals surface area (Å²) in [5.41, 5.74) is 1.36. The maximum absolute atomic E-state index is 13.8. The topological polar surface area (TPSA) is 384 Å². The molecule has 10 atom stereocenters. The molecule has 2 aromatic heterocycles. The molecule has 5 rings (SSSR count). The number of amides is 2. The van der Waals surface area contributed by atoms with Crippen molar-refractivity contribution in [2.75, 3.05) is 132 Å². The van der Waals surface area contributed by atoms with Crippen molar-refractivity contribution in [2.45, 2.75) is 113 Å². The number of ether oxygens (including phenoxy) is 11. The molecule has 1 unspecified atom stereocenters. The van der Waals surface area contributed by atoms with Gasteiger partial charge in [0.2, 0.25) is 46.6 Å². The predicted molar refractivity (Wildman–Crippen MR) is 281 cm³/mol. The van der Waals surface area contributed by atoms with Crippen molar-refractivity contribution in [1.29, 1.82) is 0 Å². The van der Waals surface area contributed by atoms with Crippen molar-refractivity contribution in [3.05, 3.63) is 52.9 Å². The zero-order chi connectivity index (χ0) is 62.2. The highest BCUT2D eigenvalue weighted by Crippen LogP contribution is 2.29. The molecule has 0 aliphatic carbocycles. The van der Waals surface area contributed by atoms with Crippen LogP contribution >= 0.6 is 0 Å². The molecule has 86 heavy (non-hydrogen) atoms. The van der Waals surface area contributed by atoms with Gasteiger partial charge >= 0.3 is 5.97 Å². The molecule has 3 aromatic rings. The number of benzene rings is 1. The van der Waals surface area contributed by atoms with E-state index in [1.54, 1.807) is 21.8 Å². The molecule has 0 bridgehead atoms. The average Bonchev–Trinajstić information content (AvgIpc) is 4.34. The van der Waals surface area contributed by atoms with E-state index in [2.05, 4.69) is 46.6 Å². The summed E-state index contributed by atoms with van der Waals surface area (Å²) in [6.07, 6.45) is -4.29. The lowest BCUT2D eigenvalue weighted by atomic mass is 9.96. The molecule has 0 radical (unpaired) electrons. The van der Waals surface area contributed by atoms with E-state index in [-0.39, 0.29) is 98.7 Å². The molecule has 2 fully saturated rings. The van der Waals surface area contributed by atoms with Crippen molar-refractivity contribution >= 4 is 17.8 Å². The Morgan fingerprint density at radius 1 is 0.605 bits per heavy atom. The Morgan fingerprint density at radius 2 is 1.07 bits per heavy atom. The van der Waals surface area contributed by atoms with E-state index in [0.29, 0.717) is 64.5 Å². The number of nitrogens with zero attached hydrogens (tertiary/aromatic N) is 6. The minimum atomic E-state index is -2.40. The Kier molecular flexibility index (Phi) is 33.0. The first-order chi connectivity index (χ1) is 41.5. The first kappa shape index (κ1) is 71.6. The van der Waals surface area contributed by atoms with E-state index in [9.17, 15) is 67.0 Å². The van der Waals surface area contributed by atoms with E-state index >= 15 is 0 Å². The summed E-state index contributed by atoms with van der Waals surface area (Å²) >= 11 is 0. The summed E-state index contributed by atoms with van der Waals surface area (Å²) in [4.78, 5) is 36.5. The number of nitrogens with one attached hydrogen (secondary N) is 4. The minimum absolute atomic E-state index is 0.0277. The number of carbonyl (C=O) groups excluding carboxylic acids is 3. The smallest absolute Gasteiger partial charge is 0.313 e. The molecule has 1 aromatic carbocycles. The number of aliphatic hydroxyl groups excluding tert-OH is 6. The largest absolute Gasteiger partial charge is 0.420 e. The summed E-state index contributed by atoms with van der Waals surface area (Å²) in [7, 11) is 0. The van der Waals surface area contributed by atoms with Crippen LogP contribution in [-0.2, 0) is 87.7 Å². The number of aliphatic hydroxyl groups is 6. The highest BCUT2D eigenvalue weighted by atomic mass is 19.2. The maximum Gasteiger partial charge on any atom is 0.313 e. The quantitative estimate of drug-likeness (QED) is 0.00651. The zero-order valence-electron chi connectivity index (χ0n) is 47.5. The van der Waals surface area contributed by atoms with Crippen LogP contribution in [0.1, 0.15) is 37.6 Å². The second-order valence-corrected chi connectivity index (χ2v) is 19.4. The number of esters is 1. The second kappa shape index (κ2) is 39.7. The standard InChI is InChI=1S/C51H79F5N10O20/c1-31(69)59-46-49(75)48(74)37(28-68)85-51(46)58-7-3-33-26-66(64-62-33)9-13-79-17-19-81-21-23-83-30-34(60-38(71)4-10-76-14-15-77-11-5-40(72)86-50-44(55)42(53)41(52)43(54)45(50)56)29-82-22-20-80-18-16-78-12-8-65-25-32(61-63-65)2-6-57-39-24-35(70)47(73)36(27-67)84-39/h25-26,34-37,39,46-49,51,57-58,67-68,70,73-75H,2-24,27-30H2,1H3,(H,59,69)(H,60,71)/t34?,35-,36-,37-,39-,46-,47-,48+,49-,51-/m1/s1. The molecule has 2 saturated heterocycles. The van der Waals surface area contributed by atoms with Gasteiger partial charge in [-0.15, -0.1) is 10.2 Å². The van der Waals surface area contributed by atoms with Crippen LogP contribution in [0.2, 0.25) is 0 Å². The Balaban J connectivity index is 0.919. The van der Waals surface area contributed by atoms with E-state index in [4.69, 9.17) is 47.4 Å². The molecule has 2 aliphatic rings. The van der Waals surface area contributed by atoms with E-state index < -0.39 is 133 Å². The van der Waals surface area contributed by atoms with E-state index in [0.717, 1.165) is 5.69 Å². The van der Waals surface area contributed by atoms with Crippen LogP contribution in [0.15, 0.2) is 12.4 Å². The number of hydrogen-bond donors (Lipinski definition) is 10. The van der Waals surface area contributed by atoms with Gasteiger partial charge in [0.1, 0.15) is 43.0 Å². The van der Waals surface area contributed by atoms with Crippen molar-refractivity contribution in [2.24, 2.45) is 0 Å². The fourth-order valence-corrected chi connectivity index (χ4v) is 8.31. The molecular weight excluding hydrogens is 1170 g/mol. The van der Waals surface area contributed by atoms with Crippen LogP contribution in [0.3, 0.4) is 0 Å². The number of halogens is 5.